The molecule has 0 N–H and O–H groups in total. The molecule has 0 heterocycles. The second-order valence-corrected chi connectivity index (χ2v) is 6.04. The average molecular weight is 261 g/mol. The lowest BCUT2D eigenvalue weighted by Crippen LogP contribution is -2.27. The van der Waals surface area contributed by atoms with E-state index < -0.39 is 0 Å². The third kappa shape index (κ3) is 3.97. The third-order valence-corrected chi connectivity index (χ3v) is 4.32. The van der Waals surface area contributed by atoms with Gasteiger partial charge >= 0.3 is 0 Å². The number of likely N-dealkylation sites (N-methyl/N-ethyl adjacent to an activating group) is 1. The van der Waals surface area contributed by atoms with Crippen LogP contribution in [0.1, 0.15) is 43.6 Å². The van der Waals surface area contributed by atoms with Gasteiger partial charge in [-0.05, 0) is 56.5 Å². The maximum Gasteiger partial charge on any atom is 0.118 e. The van der Waals surface area contributed by atoms with Crippen molar-refractivity contribution in [1.29, 1.82) is 0 Å². The van der Waals surface area contributed by atoms with Crippen LogP contribution < -0.4 is 4.74 Å². The highest BCUT2D eigenvalue weighted by Crippen LogP contribution is 2.36. The van der Waals surface area contributed by atoms with Crippen molar-refractivity contribution < 1.29 is 4.74 Å². The highest BCUT2D eigenvalue weighted by molar-refractivity contribution is 5.30. The first-order valence-corrected chi connectivity index (χ1v) is 7.49. The molecule has 0 radical (unpaired) electrons. The van der Waals surface area contributed by atoms with E-state index in [-0.39, 0.29) is 0 Å². The molecule has 1 fully saturated rings. The molecule has 0 aliphatic heterocycles. The van der Waals surface area contributed by atoms with Crippen LogP contribution in [0.25, 0.3) is 0 Å². The molecule has 0 bridgehead atoms. The van der Waals surface area contributed by atoms with Gasteiger partial charge in [0, 0.05) is 6.54 Å². The number of rotatable bonds is 5. The van der Waals surface area contributed by atoms with Crippen molar-refractivity contribution in [3.63, 3.8) is 0 Å². The maximum absolute atomic E-state index is 5.27. The minimum Gasteiger partial charge on any atom is -0.497 e. The van der Waals surface area contributed by atoms with Crippen molar-refractivity contribution in [2.24, 2.45) is 5.92 Å². The number of nitrogens with zero attached hydrogens (tertiary/aromatic N) is 1. The summed E-state index contributed by atoms with van der Waals surface area (Å²) in [4.78, 5) is 2.32. The highest BCUT2D eigenvalue weighted by Gasteiger charge is 2.25. The minimum absolute atomic E-state index is 0.668. The van der Waals surface area contributed by atoms with E-state index in [0.29, 0.717) is 5.92 Å². The summed E-state index contributed by atoms with van der Waals surface area (Å²) < 4.78 is 5.27. The molecule has 2 nitrogen and oxygen atoms in total. The number of benzene rings is 1. The Morgan fingerprint density at radius 2 is 1.74 bits per heavy atom. The van der Waals surface area contributed by atoms with Crippen LogP contribution in [-0.2, 0) is 0 Å². The van der Waals surface area contributed by atoms with Crippen LogP contribution in [-0.4, -0.2) is 32.6 Å². The van der Waals surface area contributed by atoms with Crippen LogP contribution in [0.2, 0.25) is 0 Å². The predicted molar refractivity (Wildman–Crippen MR) is 80.9 cm³/mol. The van der Waals surface area contributed by atoms with E-state index in [9.17, 15) is 0 Å². The van der Waals surface area contributed by atoms with E-state index in [4.69, 9.17) is 4.74 Å². The van der Waals surface area contributed by atoms with Gasteiger partial charge in [0.05, 0.1) is 7.11 Å². The number of methoxy groups -OCH3 is 1. The zero-order valence-corrected chi connectivity index (χ0v) is 12.6. The molecule has 1 saturated carbocycles. The van der Waals surface area contributed by atoms with Gasteiger partial charge < -0.3 is 9.64 Å². The van der Waals surface area contributed by atoms with Gasteiger partial charge in [0.25, 0.3) is 0 Å². The molecule has 1 aromatic rings. The van der Waals surface area contributed by atoms with Gasteiger partial charge in [0.2, 0.25) is 0 Å². The number of hydrogen-bond acceptors (Lipinski definition) is 2. The van der Waals surface area contributed by atoms with Crippen molar-refractivity contribution in [2.75, 3.05) is 27.7 Å². The second-order valence-electron chi connectivity index (χ2n) is 6.04. The van der Waals surface area contributed by atoms with Crippen LogP contribution in [0, 0.1) is 5.92 Å². The lowest BCUT2D eigenvalue weighted by atomic mass is 9.76. The fourth-order valence-electron chi connectivity index (χ4n) is 3.31. The van der Waals surface area contributed by atoms with Crippen molar-refractivity contribution in [1.82, 2.24) is 4.90 Å². The largest absolute Gasteiger partial charge is 0.497 e. The molecule has 0 aromatic heterocycles. The molecule has 0 saturated heterocycles. The van der Waals surface area contributed by atoms with Crippen LogP contribution in [0.4, 0.5) is 0 Å². The summed E-state index contributed by atoms with van der Waals surface area (Å²) in [6.45, 7) is 1.15. The van der Waals surface area contributed by atoms with E-state index in [0.717, 1.165) is 18.2 Å². The van der Waals surface area contributed by atoms with E-state index in [1.54, 1.807) is 7.11 Å². The molecular formula is C17H27NO. The van der Waals surface area contributed by atoms with Crippen molar-refractivity contribution >= 4 is 0 Å². The quantitative estimate of drug-likeness (QED) is 0.796. The molecule has 2 heteroatoms. The molecular weight excluding hydrogens is 234 g/mol. The van der Waals surface area contributed by atoms with Crippen molar-refractivity contribution in [2.45, 2.75) is 38.0 Å². The molecule has 0 amide bonds. The Bertz CT molecular complexity index is 365. The van der Waals surface area contributed by atoms with Crippen molar-refractivity contribution in [3.05, 3.63) is 29.8 Å². The van der Waals surface area contributed by atoms with Crippen LogP contribution in [0.15, 0.2) is 24.3 Å². The SMILES string of the molecule is COc1ccc([C@@H](CN(C)C)C2CCCCC2)cc1. The number of hydrogen-bond donors (Lipinski definition) is 0. The summed E-state index contributed by atoms with van der Waals surface area (Å²) in [5.74, 6) is 2.47. The Hall–Kier alpha value is -1.02. The lowest BCUT2D eigenvalue weighted by molar-refractivity contribution is 0.253. The van der Waals surface area contributed by atoms with Gasteiger partial charge in [-0.25, -0.2) is 0 Å². The summed E-state index contributed by atoms with van der Waals surface area (Å²) in [5.41, 5.74) is 1.47. The van der Waals surface area contributed by atoms with E-state index in [2.05, 4.69) is 43.3 Å². The van der Waals surface area contributed by atoms with Gasteiger partial charge in [-0.3, -0.25) is 0 Å². The van der Waals surface area contributed by atoms with Crippen molar-refractivity contribution in [3.8, 4) is 5.75 Å². The molecule has 1 aromatic carbocycles. The summed E-state index contributed by atoms with van der Waals surface area (Å²) in [6.07, 6.45) is 7.03. The average Bonchev–Trinajstić information content (AvgIpc) is 2.46. The first-order chi connectivity index (χ1) is 9.20. The standard InChI is InChI=1S/C17H27NO/c1-18(2)13-17(14-7-5-4-6-8-14)15-9-11-16(19-3)12-10-15/h9-12,14,17H,4-8,13H2,1-3H3/t17-/m0/s1. The smallest absolute Gasteiger partial charge is 0.118 e. The summed E-state index contributed by atoms with van der Waals surface area (Å²) in [5, 5.41) is 0. The molecule has 0 spiro atoms. The third-order valence-electron chi connectivity index (χ3n) is 4.32. The van der Waals surface area contributed by atoms with Gasteiger partial charge in [-0.1, -0.05) is 31.4 Å². The van der Waals surface area contributed by atoms with E-state index >= 15 is 0 Å². The number of ether oxygens (including phenoxy) is 1. The molecule has 19 heavy (non-hydrogen) atoms. The van der Waals surface area contributed by atoms with Gasteiger partial charge in [0.15, 0.2) is 0 Å². The van der Waals surface area contributed by atoms with E-state index in [1.165, 1.54) is 37.7 Å². The van der Waals surface area contributed by atoms with Gasteiger partial charge in [-0.15, -0.1) is 0 Å². The zero-order valence-electron chi connectivity index (χ0n) is 12.6. The molecule has 1 aliphatic carbocycles. The monoisotopic (exact) mass is 261 g/mol. The maximum atomic E-state index is 5.27. The normalized spacial score (nSPS) is 18.5. The lowest BCUT2D eigenvalue weighted by Gasteiger charge is -2.32. The Morgan fingerprint density at radius 1 is 1.11 bits per heavy atom. The first kappa shape index (κ1) is 14.4. The van der Waals surface area contributed by atoms with Crippen LogP contribution >= 0.6 is 0 Å². The predicted octanol–water partition coefficient (Wildman–Crippen LogP) is 3.92. The first-order valence-electron chi connectivity index (χ1n) is 7.49. The molecule has 1 atom stereocenters. The summed E-state index contributed by atoms with van der Waals surface area (Å²) in [7, 11) is 6.09. The topological polar surface area (TPSA) is 12.5 Å². The Balaban J connectivity index is 2.14. The second kappa shape index (κ2) is 6.95. The summed E-state index contributed by atoms with van der Waals surface area (Å²) >= 11 is 0. The Morgan fingerprint density at radius 3 is 2.26 bits per heavy atom. The molecule has 2 rings (SSSR count). The molecule has 1 aliphatic rings. The van der Waals surface area contributed by atoms with E-state index in [1.807, 2.05) is 0 Å². The Kier molecular flexibility index (Phi) is 5.26. The molecule has 0 unspecified atom stereocenters. The Labute approximate surface area is 117 Å². The van der Waals surface area contributed by atoms with Crippen LogP contribution in [0.3, 0.4) is 0 Å². The molecule has 106 valence electrons. The zero-order chi connectivity index (χ0) is 13.7. The van der Waals surface area contributed by atoms with Crippen LogP contribution in [0.5, 0.6) is 5.75 Å². The fraction of sp³-hybridized carbons (Fsp3) is 0.647. The fourth-order valence-corrected chi connectivity index (χ4v) is 3.31. The highest BCUT2D eigenvalue weighted by atomic mass is 16.5. The minimum atomic E-state index is 0.668. The van der Waals surface area contributed by atoms with Gasteiger partial charge in [-0.2, -0.15) is 0 Å². The van der Waals surface area contributed by atoms with Gasteiger partial charge in [0.1, 0.15) is 5.75 Å². The summed E-state index contributed by atoms with van der Waals surface area (Å²) in [6, 6.07) is 8.70.